The number of aromatic nitrogens is 6. The fourth-order valence-electron chi connectivity index (χ4n) is 7.90. The molecule has 0 aromatic carbocycles. The highest BCUT2D eigenvalue weighted by Crippen LogP contribution is 2.60. The standard InChI is InChI=1S/C23H24N4OS.C12H17N3S/c1-29-19-13-25-22(26-14-19)10-16-8-15(20-11-21(16)20)9-17-5-6-18(12-24-17)27-7-3-2-4-23(27)28;1-16-8-5-14-12(15-6-8)3-7-2-11(13)10-4-9(7)10/h2-7,12-16,20-21H,8-11H2,1H3;5-7,9-11H,2-4,13H2,1H3/t15-,16-,20+,21-;7-,9-,10-,11+/m00/s1. The summed E-state index contributed by atoms with van der Waals surface area (Å²) in [5.74, 6) is 7.47. The molecule has 8 rings (SSSR count). The number of thioether (sulfide) groups is 2. The molecule has 45 heavy (non-hydrogen) atoms. The van der Waals surface area contributed by atoms with Crippen molar-refractivity contribution in [1.82, 2.24) is 29.5 Å². The third-order valence-electron chi connectivity index (χ3n) is 10.4. The van der Waals surface area contributed by atoms with E-state index in [9.17, 15) is 4.79 Å². The molecule has 0 radical (unpaired) electrons. The molecule has 4 aliphatic rings. The molecule has 0 aliphatic heterocycles. The van der Waals surface area contributed by atoms with Crippen LogP contribution in [0.2, 0.25) is 0 Å². The largest absolute Gasteiger partial charge is 0.327 e. The van der Waals surface area contributed by atoms with E-state index in [1.807, 2.05) is 55.6 Å². The number of fused-ring (bicyclic) bond motifs is 2. The van der Waals surface area contributed by atoms with Crippen molar-refractivity contribution in [3.05, 3.63) is 95.2 Å². The minimum atomic E-state index is -0.0331. The SMILES string of the molecule is CSc1cnc(C[C@@H]2C[C@@H](Cc3ccc(-n4ccccc4=O)cn3)[C@H]3C[C@@H]23)nc1.CSc1cnc(C[C@@H]2C[C@@H](N)[C@H]3C[C@@H]23)nc1. The lowest BCUT2D eigenvalue weighted by atomic mass is 9.91. The molecule has 8 atom stereocenters. The van der Waals surface area contributed by atoms with Gasteiger partial charge >= 0.3 is 0 Å². The van der Waals surface area contributed by atoms with Gasteiger partial charge in [-0.3, -0.25) is 14.3 Å². The average molecular weight is 640 g/mol. The minimum absolute atomic E-state index is 0.0331. The smallest absolute Gasteiger partial charge is 0.255 e. The van der Waals surface area contributed by atoms with Gasteiger partial charge in [-0.05, 0) is 104 Å². The Balaban J connectivity index is 0.000000171. The zero-order chi connectivity index (χ0) is 30.9. The fraction of sp³-hybridized carbons (Fsp3) is 0.486. The molecule has 234 valence electrons. The number of nitrogens with zero attached hydrogens (tertiary/aromatic N) is 6. The molecule has 0 amide bonds. The average Bonchev–Trinajstić information content (AvgIpc) is 3.99. The normalized spacial score (nSPS) is 29.0. The zero-order valence-electron chi connectivity index (χ0n) is 25.9. The summed E-state index contributed by atoms with van der Waals surface area (Å²) in [6, 6.07) is 9.70. The summed E-state index contributed by atoms with van der Waals surface area (Å²) >= 11 is 3.36. The summed E-state index contributed by atoms with van der Waals surface area (Å²) in [7, 11) is 0. The van der Waals surface area contributed by atoms with E-state index in [1.54, 1.807) is 46.4 Å². The van der Waals surface area contributed by atoms with Gasteiger partial charge in [-0.25, -0.2) is 19.9 Å². The Labute approximate surface area is 273 Å². The zero-order valence-corrected chi connectivity index (χ0v) is 27.5. The maximum Gasteiger partial charge on any atom is 0.255 e. The summed E-state index contributed by atoms with van der Waals surface area (Å²) in [6.45, 7) is 0. The van der Waals surface area contributed by atoms with E-state index in [2.05, 4.69) is 31.0 Å². The van der Waals surface area contributed by atoms with Crippen LogP contribution in [-0.2, 0) is 19.3 Å². The van der Waals surface area contributed by atoms with Crippen LogP contribution in [-0.4, -0.2) is 48.0 Å². The van der Waals surface area contributed by atoms with Gasteiger partial charge in [0, 0.05) is 71.4 Å². The number of nitrogens with two attached hydrogens (primary N) is 1. The highest BCUT2D eigenvalue weighted by molar-refractivity contribution is 7.98. The van der Waals surface area contributed by atoms with Gasteiger partial charge in [-0.1, -0.05) is 6.07 Å². The second-order valence-corrected chi connectivity index (χ2v) is 14.9. The van der Waals surface area contributed by atoms with E-state index in [1.165, 1.54) is 25.7 Å². The van der Waals surface area contributed by atoms with Crippen LogP contribution >= 0.6 is 23.5 Å². The van der Waals surface area contributed by atoms with Crippen LogP contribution < -0.4 is 11.3 Å². The van der Waals surface area contributed by atoms with Crippen molar-refractivity contribution in [2.24, 2.45) is 47.2 Å². The van der Waals surface area contributed by atoms with Gasteiger partial charge in [0.25, 0.3) is 5.56 Å². The van der Waals surface area contributed by atoms with E-state index in [-0.39, 0.29) is 5.56 Å². The van der Waals surface area contributed by atoms with Crippen molar-refractivity contribution in [3.8, 4) is 5.69 Å². The van der Waals surface area contributed by atoms with Crippen molar-refractivity contribution in [2.75, 3.05) is 12.5 Å². The molecule has 10 heteroatoms. The number of hydrogen-bond acceptors (Lipinski definition) is 9. The van der Waals surface area contributed by atoms with Crippen LogP contribution in [0, 0.1) is 41.4 Å². The molecule has 8 nitrogen and oxygen atoms in total. The minimum Gasteiger partial charge on any atom is -0.327 e. The topological polar surface area (TPSA) is 112 Å². The lowest BCUT2D eigenvalue weighted by molar-refractivity contribution is 0.400. The summed E-state index contributed by atoms with van der Waals surface area (Å²) < 4.78 is 1.63. The molecule has 0 unspecified atom stereocenters. The third kappa shape index (κ3) is 7.03. The third-order valence-corrected chi connectivity index (χ3v) is 11.8. The van der Waals surface area contributed by atoms with E-state index in [4.69, 9.17) is 5.73 Å². The molecule has 0 spiro atoms. The Bertz CT molecular complexity index is 1650. The molecule has 4 heterocycles. The molecule has 4 saturated carbocycles. The van der Waals surface area contributed by atoms with Crippen LogP contribution in [0.25, 0.3) is 5.69 Å². The summed E-state index contributed by atoms with van der Waals surface area (Å²) in [4.78, 5) is 36.8. The molecule has 4 aromatic rings. The summed E-state index contributed by atoms with van der Waals surface area (Å²) in [5.41, 5.74) is 7.97. The molecule has 0 bridgehead atoms. The van der Waals surface area contributed by atoms with Crippen molar-refractivity contribution in [2.45, 2.75) is 60.8 Å². The molecule has 4 fully saturated rings. The highest BCUT2D eigenvalue weighted by atomic mass is 32.2. The van der Waals surface area contributed by atoms with Crippen molar-refractivity contribution < 1.29 is 0 Å². The number of hydrogen-bond donors (Lipinski definition) is 1. The van der Waals surface area contributed by atoms with E-state index < -0.39 is 0 Å². The maximum atomic E-state index is 12.0. The number of pyridine rings is 2. The first-order valence-corrected chi connectivity index (χ1v) is 18.5. The Morgan fingerprint density at radius 3 is 1.78 bits per heavy atom. The fourth-order valence-corrected chi connectivity index (χ4v) is 8.53. The second kappa shape index (κ2) is 13.3. The second-order valence-electron chi connectivity index (χ2n) is 13.1. The van der Waals surface area contributed by atoms with Crippen LogP contribution in [0.15, 0.2) is 82.1 Å². The van der Waals surface area contributed by atoms with Crippen molar-refractivity contribution in [1.29, 1.82) is 0 Å². The monoisotopic (exact) mass is 639 g/mol. The van der Waals surface area contributed by atoms with Crippen LogP contribution in [0.5, 0.6) is 0 Å². The summed E-state index contributed by atoms with van der Waals surface area (Å²) in [6.07, 6.45) is 23.5. The lowest BCUT2D eigenvalue weighted by Gasteiger charge is -2.16. The van der Waals surface area contributed by atoms with Gasteiger partial charge in [-0.2, -0.15) is 0 Å². The van der Waals surface area contributed by atoms with Crippen LogP contribution in [0.4, 0.5) is 0 Å². The van der Waals surface area contributed by atoms with E-state index >= 15 is 0 Å². The molecule has 0 saturated heterocycles. The van der Waals surface area contributed by atoms with Gasteiger partial charge < -0.3 is 5.73 Å². The van der Waals surface area contributed by atoms with Crippen LogP contribution in [0.1, 0.15) is 43.0 Å². The first-order chi connectivity index (χ1) is 22.0. The first kappa shape index (κ1) is 30.6. The van der Waals surface area contributed by atoms with Gasteiger partial charge in [0.05, 0.1) is 11.9 Å². The van der Waals surface area contributed by atoms with Gasteiger partial charge in [0.1, 0.15) is 11.6 Å². The van der Waals surface area contributed by atoms with Crippen LogP contribution in [0.3, 0.4) is 0 Å². The Morgan fingerprint density at radius 2 is 1.27 bits per heavy atom. The number of rotatable bonds is 9. The lowest BCUT2D eigenvalue weighted by Crippen LogP contribution is -2.20. The molecular weight excluding hydrogens is 599 g/mol. The van der Waals surface area contributed by atoms with Crippen molar-refractivity contribution >= 4 is 23.5 Å². The quantitative estimate of drug-likeness (QED) is 0.236. The predicted octanol–water partition coefficient (Wildman–Crippen LogP) is 5.53. The molecule has 4 aromatic heterocycles. The Morgan fingerprint density at radius 1 is 0.689 bits per heavy atom. The molecule has 4 aliphatic carbocycles. The predicted molar refractivity (Wildman–Crippen MR) is 179 cm³/mol. The molecule has 2 N–H and O–H groups in total. The van der Waals surface area contributed by atoms with E-state index in [0.29, 0.717) is 17.9 Å². The van der Waals surface area contributed by atoms with Gasteiger partial charge in [0.2, 0.25) is 0 Å². The van der Waals surface area contributed by atoms with Gasteiger partial charge in [0.15, 0.2) is 0 Å². The Hall–Kier alpha value is -3.08. The summed E-state index contributed by atoms with van der Waals surface area (Å²) in [5, 5.41) is 0. The van der Waals surface area contributed by atoms with E-state index in [0.717, 1.165) is 81.7 Å². The maximum absolute atomic E-state index is 12.0. The van der Waals surface area contributed by atoms with Gasteiger partial charge in [-0.15, -0.1) is 23.5 Å². The van der Waals surface area contributed by atoms with Crippen molar-refractivity contribution in [3.63, 3.8) is 0 Å². The first-order valence-electron chi connectivity index (χ1n) is 16.1. The Kier molecular flexibility index (Phi) is 9.06. The molecular formula is C35H41N7OS2. The highest BCUT2D eigenvalue weighted by Gasteiger charge is 2.54.